The first-order chi connectivity index (χ1) is 18.1. The zero-order valence-electron chi connectivity index (χ0n) is 23.2. The standard InChI is InChI=1S/C27H36N6O5S/c1-17-12-15-33(27(17,5)6)23-19(24(34)31-39(36,37)22-9-7-8-21(28)30-22)10-11-20(29-23)18-13-14-32(16-18)25(35)38-26(2,3)4/h7-11,16-17H,12-15H2,1-6H3,(H2,28,30)(H,31,34). The molecule has 2 aliphatic rings. The molecule has 4 rings (SSSR count). The van der Waals surface area contributed by atoms with Gasteiger partial charge in [0.25, 0.3) is 15.9 Å². The molecule has 0 radical (unpaired) electrons. The average molecular weight is 557 g/mol. The molecule has 1 fully saturated rings. The molecular weight excluding hydrogens is 520 g/mol. The third-order valence-corrected chi connectivity index (χ3v) is 8.43. The van der Waals surface area contributed by atoms with Crippen molar-refractivity contribution < 1.29 is 22.7 Å². The van der Waals surface area contributed by atoms with Crippen LogP contribution in [0.4, 0.5) is 16.4 Å². The van der Waals surface area contributed by atoms with Gasteiger partial charge in [-0.2, -0.15) is 8.42 Å². The summed E-state index contributed by atoms with van der Waals surface area (Å²) in [6.45, 7) is 12.8. The molecule has 0 aromatic carbocycles. The lowest BCUT2D eigenvalue weighted by Crippen LogP contribution is -2.44. The van der Waals surface area contributed by atoms with E-state index in [0.717, 1.165) is 12.0 Å². The van der Waals surface area contributed by atoms with Crippen molar-refractivity contribution in [3.63, 3.8) is 0 Å². The van der Waals surface area contributed by atoms with Gasteiger partial charge in [0.15, 0.2) is 5.03 Å². The Hall–Kier alpha value is -3.67. The zero-order chi connectivity index (χ0) is 28.8. The number of aromatic nitrogens is 2. The highest BCUT2D eigenvalue weighted by atomic mass is 32.2. The number of anilines is 2. The lowest BCUT2D eigenvalue weighted by atomic mass is 9.90. The number of nitrogens with one attached hydrogen (secondary N) is 1. The Labute approximate surface area is 229 Å². The minimum atomic E-state index is -4.27. The number of pyridine rings is 2. The summed E-state index contributed by atoms with van der Waals surface area (Å²) in [5.41, 5.74) is 6.23. The summed E-state index contributed by atoms with van der Waals surface area (Å²) in [6.07, 6.45) is 2.73. The third-order valence-electron chi connectivity index (χ3n) is 7.20. The number of sulfonamides is 1. The normalized spacial score (nSPS) is 19.1. The predicted molar refractivity (Wildman–Crippen MR) is 148 cm³/mol. The van der Waals surface area contributed by atoms with E-state index in [0.29, 0.717) is 36.9 Å². The largest absolute Gasteiger partial charge is 0.443 e. The van der Waals surface area contributed by atoms with Crippen LogP contribution in [0.2, 0.25) is 0 Å². The van der Waals surface area contributed by atoms with Crippen molar-refractivity contribution in [2.24, 2.45) is 5.92 Å². The Morgan fingerprint density at radius 3 is 2.46 bits per heavy atom. The molecule has 0 spiro atoms. The molecule has 0 bridgehead atoms. The van der Waals surface area contributed by atoms with Crippen molar-refractivity contribution in [1.29, 1.82) is 0 Å². The number of amides is 2. The first kappa shape index (κ1) is 28.3. The number of nitrogen functional groups attached to an aromatic ring is 1. The van der Waals surface area contributed by atoms with E-state index in [9.17, 15) is 18.0 Å². The van der Waals surface area contributed by atoms with Crippen LogP contribution in [0.5, 0.6) is 0 Å². The lowest BCUT2D eigenvalue weighted by molar-refractivity contribution is 0.0349. The van der Waals surface area contributed by atoms with E-state index in [1.165, 1.54) is 23.1 Å². The third kappa shape index (κ3) is 6.00. The van der Waals surface area contributed by atoms with Crippen LogP contribution in [-0.4, -0.2) is 59.5 Å². The molecule has 11 nitrogen and oxygen atoms in total. The summed E-state index contributed by atoms with van der Waals surface area (Å²) in [7, 11) is -4.27. The van der Waals surface area contributed by atoms with Gasteiger partial charge in [0.1, 0.15) is 17.2 Å². The smallest absolute Gasteiger partial charge is 0.414 e. The highest BCUT2D eigenvalue weighted by molar-refractivity contribution is 7.90. The van der Waals surface area contributed by atoms with E-state index in [4.69, 9.17) is 15.5 Å². The van der Waals surface area contributed by atoms with Gasteiger partial charge >= 0.3 is 6.09 Å². The number of nitrogens with zero attached hydrogens (tertiary/aromatic N) is 4. The monoisotopic (exact) mass is 556 g/mol. The molecule has 3 N–H and O–H groups in total. The summed E-state index contributed by atoms with van der Waals surface area (Å²) in [4.78, 5) is 38.2. The topological polar surface area (TPSA) is 148 Å². The Morgan fingerprint density at radius 2 is 1.85 bits per heavy atom. The summed E-state index contributed by atoms with van der Waals surface area (Å²) in [6, 6.07) is 7.42. The second-order valence-corrected chi connectivity index (χ2v) is 13.1. The first-order valence-corrected chi connectivity index (χ1v) is 14.4. The van der Waals surface area contributed by atoms with Crippen LogP contribution in [0.25, 0.3) is 5.57 Å². The minimum Gasteiger partial charge on any atom is -0.443 e. The number of hydrogen-bond donors (Lipinski definition) is 2. The minimum absolute atomic E-state index is 0.0232. The van der Waals surface area contributed by atoms with Crippen LogP contribution in [-0.2, 0) is 14.8 Å². The van der Waals surface area contributed by atoms with Crippen molar-refractivity contribution in [3.8, 4) is 0 Å². The van der Waals surface area contributed by atoms with E-state index in [1.807, 2.05) is 25.7 Å². The van der Waals surface area contributed by atoms with Gasteiger partial charge in [0, 0.05) is 24.8 Å². The van der Waals surface area contributed by atoms with Crippen LogP contribution in [0, 0.1) is 5.92 Å². The van der Waals surface area contributed by atoms with E-state index >= 15 is 0 Å². The van der Waals surface area contributed by atoms with E-state index in [-0.39, 0.29) is 21.9 Å². The second kappa shape index (κ2) is 10.1. The molecular formula is C27H36N6O5S. The highest BCUT2D eigenvalue weighted by Crippen LogP contribution is 2.39. The first-order valence-electron chi connectivity index (χ1n) is 12.9. The molecule has 2 aliphatic heterocycles. The maximum absolute atomic E-state index is 13.4. The maximum atomic E-state index is 13.4. The maximum Gasteiger partial charge on any atom is 0.414 e. The summed E-state index contributed by atoms with van der Waals surface area (Å²) in [5.74, 6) is -0.103. The number of ether oxygens (including phenoxy) is 1. The van der Waals surface area contributed by atoms with Crippen LogP contribution < -0.4 is 15.4 Å². The molecule has 2 aromatic heterocycles. The van der Waals surface area contributed by atoms with Gasteiger partial charge in [-0.05, 0) is 83.2 Å². The molecule has 2 aromatic rings. The number of rotatable bonds is 5. The fourth-order valence-electron chi connectivity index (χ4n) is 4.65. The molecule has 0 saturated carbocycles. The van der Waals surface area contributed by atoms with E-state index < -0.39 is 27.6 Å². The fourth-order valence-corrected chi connectivity index (χ4v) is 5.59. The molecule has 39 heavy (non-hydrogen) atoms. The number of carbonyl (C=O) groups is 2. The zero-order valence-corrected chi connectivity index (χ0v) is 24.0. The number of carbonyl (C=O) groups excluding carboxylic acids is 2. The van der Waals surface area contributed by atoms with Crippen molar-refractivity contribution in [2.45, 2.75) is 70.6 Å². The van der Waals surface area contributed by atoms with Crippen molar-refractivity contribution in [1.82, 2.24) is 19.6 Å². The molecule has 1 saturated heterocycles. The number of hydrogen-bond acceptors (Lipinski definition) is 9. The van der Waals surface area contributed by atoms with Gasteiger partial charge in [-0.15, -0.1) is 0 Å². The van der Waals surface area contributed by atoms with Crippen LogP contribution in [0.15, 0.2) is 41.6 Å². The van der Waals surface area contributed by atoms with Gasteiger partial charge in [0.05, 0.1) is 11.3 Å². The molecule has 12 heteroatoms. The average Bonchev–Trinajstić information content (AvgIpc) is 3.42. The predicted octanol–water partition coefficient (Wildman–Crippen LogP) is 3.78. The highest BCUT2D eigenvalue weighted by Gasteiger charge is 2.41. The number of nitrogens with two attached hydrogens (primary N) is 1. The Balaban J connectivity index is 1.70. The molecule has 1 atom stereocenters. The van der Waals surface area contributed by atoms with Crippen molar-refractivity contribution >= 4 is 39.2 Å². The lowest BCUT2D eigenvalue weighted by Gasteiger charge is -2.36. The van der Waals surface area contributed by atoms with Gasteiger partial charge in [-0.25, -0.2) is 19.5 Å². The van der Waals surface area contributed by atoms with Gasteiger partial charge in [-0.3, -0.25) is 9.69 Å². The SMILES string of the molecule is CC1CCN(c2nc(C3=CN(C(=O)OC(C)(C)C)CC3)ccc2C(=O)NS(=O)(=O)c2cccc(N)n2)C1(C)C. The quantitative estimate of drug-likeness (QED) is 0.561. The van der Waals surface area contributed by atoms with Gasteiger partial charge in [0.2, 0.25) is 0 Å². The molecule has 4 heterocycles. The Morgan fingerprint density at radius 1 is 1.13 bits per heavy atom. The second-order valence-electron chi connectivity index (χ2n) is 11.5. The van der Waals surface area contributed by atoms with Crippen molar-refractivity contribution in [3.05, 3.63) is 47.8 Å². The van der Waals surface area contributed by atoms with Gasteiger partial charge < -0.3 is 15.4 Å². The summed E-state index contributed by atoms with van der Waals surface area (Å²) >= 11 is 0. The van der Waals surface area contributed by atoms with Crippen molar-refractivity contribution in [2.75, 3.05) is 23.7 Å². The van der Waals surface area contributed by atoms with E-state index in [2.05, 4.69) is 30.5 Å². The molecule has 1 unspecified atom stereocenters. The molecule has 2 amide bonds. The molecule has 0 aliphatic carbocycles. The Bertz CT molecular complexity index is 1430. The Kier molecular flexibility index (Phi) is 7.37. The van der Waals surface area contributed by atoms with E-state index in [1.54, 1.807) is 18.3 Å². The van der Waals surface area contributed by atoms with Gasteiger partial charge in [-0.1, -0.05) is 13.0 Å². The summed E-state index contributed by atoms with van der Waals surface area (Å²) in [5, 5.41) is -0.351. The fraction of sp³-hybridized carbons (Fsp3) is 0.481. The summed E-state index contributed by atoms with van der Waals surface area (Å²) < 4.78 is 33.4. The van der Waals surface area contributed by atoms with Crippen LogP contribution in [0.1, 0.15) is 70.4 Å². The van der Waals surface area contributed by atoms with Crippen LogP contribution >= 0.6 is 0 Å². The molecule has 210 valence electrons. The van der Waals surface area contributed by atoms with Crippen LogP contribution in [0.3, 0.4) is 0 Å².